The third-order valence-corrected chi connectivity index (χ3v) is 4.26. The number of carbonyl (C=O) groups is 1. The topological polar surface area (TPSA) is 86.5 Å². The van der Waals surface area contributed by atoms with Gasteiger partial charge in [-0.05, 0) is 36.8 Å². The number of aliphatic carboxylic acids is 1. The van der Waals surface area contributed by atoms with Crippen LogP contribution in [0.5, 0.6) is 11.6 Å². The summed E-state index contributed by atoms with van der Waals surface area (Å²) in [4.78, 5) is 14.6. The smallest absolute Gasteiger partial charge is 0.417 e. The standard InChI is InChI=1S/C21H20F3N3O4/c1-2-30-20-15(9-10-31-17-6-3-14(4-7-17)11-19(28)29)13-27(26-20)18-8-5-16(12-25-18)21(22,23)24/h3-8,12-13H,2,9-11H2,1H3,(H,28,29). The summed E-state index contributed by atoms with van der Waals surface area (Å²) < 4.78 is 50.8. The van der Waals surface area contributed by atoms with Gasteiger partial charge in [-0.1, -0.05) is 12.1 Å². The molecule has 31 heavy (non-hydrogen) atoms. The molecule has 0 bridgehead atoms. The molecular weight excluding hydrogens is 415 g/mol. The van der Waals surface area contributed by atoms with Crippen LogP contribution in [0.4, 0.5) is 13.2 Å². The number of rotatable bonds is 9. The van der Waals surface area contributed by atoms with E-state index in [0.717, 1.165) is 12.3 Å². The van der Waals surface area contributed by atoms with Crippen molar-refractivity contribution in [2.75, 3.05) is 13.2 Å². The Morgan fingerprint density at radius 1 is 1.13 bits per heavy atom. The summed E-state index contributed by atoms with van der Waals surface area (Å²) in [5.74, 6) is 0.264. The summed E-state index contributed by atoms with van der Waals surface area (Å²) >= 11 is 0. The zero-order chi connectivity index (χ0) is 22.4. The van der Waals surface area contributed by atoms with E-state index in [-0.39, 0.29) is 12.2 Å². The molecule has 0 aliphatic heterocycles. The highest BCUT2D eigenvalue weighted by Gasteiger charge is 2.30. The Bertz CT molecular complexity index is 1020. The maximum absolute atomic E-state index is 12.7. The normalized spacial score (nSPS) is 11.4. The molecule has 1 aromatic carbocycles. The zero-order valence-corrected chi connectivity index (χ0v) is 16.6. The van der Waals surface area contributed by atoms with E-state index in [4.69, 9.17) is 14.6 Å². The Balaban J connectivity index is 1.67. The van der Waals surface area contributed by atoms with E-state index in [1.165, 1.54) is 10.7 Å². The Labute approximate surface area is 176 Å². The molecule has 2 heterocycles. The molecule has 7 nitrogen and oxygen atoms in total. The van der Waals surface area contributed by atoms with E-state index >= 15 is 0 Å². The molecule has 164 valence electrons. The summed E-state index contributed by atoms with van der Waals surface area (Å²) in [6.07, 6.45) is -1.68. The Kier molecular flexibility index (Phi) is 6.78. The van der Waals surface area contributed by atoms with E-state index in [2.05, 4.69) is 10.1 Å². The van der Waals surface area contributed by atoms with E-state index in [9.17, 15) is 18.0 Å². The van der Waals surface area contributed by atoms with Crippen LogP contribution in [0.2, 0.25) is 0 Å². The lowest BCUT2D eigenvalue weighted by Crippen LogP contribution is -2.07. The van der Waals surface area contributed by atoms with Crippen LogP contribution in [-0.2, 0) is 23.8 Å². The molecule has 1 N–H and O–H groups in total. The van der Waals surface area contributed by atoms with Gasteiger partial charge in [0.2, 0.25) is 5.88 Å². The number of carboxylic acids is 1. The monoisotopic (exact) mass is 435 g/mol. The Hall–Kier alpha value is -3.56. The van der Waals surface area contributed by atoms with Crippen LogP contribution in [-0.4, -0.2) is 39.1 Å². The van der Waals surface area contributed by atoms with Crippen molar-refractivity contribution in [1.82, 2.24) is 14.8 Å². The average molecular weight is 435 g/mol. The molecule has 0 saturated heterocycles. The maximum atomic E-state index is 12.7. The fourth-order valence-electron chi connectivity index (χ4n) is 2.79. The first kappa shape index (κ1) is 22.1. The van der Waals surface area contributed by atoms with E-state index in [1.807, 2.05) is 0 Å². The molecule has 0 aliphatic carbocycles. The van der Waals surface area contributed by atoms with Gasteiger partial charge in [-0.25, -0.2) is 9.67 Å². The largest absolute Gasteiger partial charge is 0.493 e. The predicted octanol–water partition coefficient (Wildman–Crippen LogP) is 3.93. The molecule has 3 rings (SSSR count). The summed E-state index contributed by atoms with van der Waals surface area (Å²) in [6, 6.07) is 8.94. The van der Waals surface area contributed by atoms with Crippen molar-refractivity contribution in [3.8, 4) is 17.4 Å². The lowest BCUT2D eigenvalue weighted by atomic mass is 10.1. The van der Waals surface area contributed by atoms with Crippen LogP contribution in [0.15, 0.2) is 48.8 Å². The minimum absolute atomic E-state index is 0.0604. The highest BCUT2D eigenvalue weighted by Crippen LogP contribution is 2.29. The van der Waals surface area contributed by atoms with Gasteiger partial charge in [-0.3, -0.25) is 4.79 Å². The number of benzene rings is 1. The van der Waals surface area contributed by atoms with E-state index < -0.39 is 17.7 Å². The van der Waals surface area contributed by atoms with E-state index in [1.54, 1.807) is 37.4 Å². The maximum Gasteiger partial charge on any atom is 0.417 e. The summed E-state index contributed by atoms with van der Waals surface area (Å²) in [7, 11) is 0. The quantitative estimate of drug-likeness (QED) is 0.548. The molecule has 0 amide bonds. The van der Waals surface area contributed by atoms with Gasteiger partial charge in [-0.15, -0.1) is 5.10 Å². The van der Waals surface area contributed by atoms with Crippen molar-refractivity contribution in [1.29, 1.82) is 0 Å². The zero-order valence-electron chi connectivity index (χ0n) is 16.6. The molecule has 0 spiro atoms. The third kappa shape index (κ3) is 5.97. The number of hydrogen-bond acceptors (Lipinski definition) is 5. The van der Waals surface area contributed by atoms with Crippen molar-refractivity contribution in [2.24, 2.45) is 0 Å². The molecule has 0 saturated carbocycles. The van der Waals surface area contributed by atoms with Crippen LogP contribution < -0.4 is 9.47 Å². The van der Waals surface area contributed by atoms with Gasteiger partial charge in [-0.2, -0.15) is 13.2 Å². The lowest BCUT2D eigenvalue weighted by Gasteiger charge is -2.07. The molecule has 10 heteroatoms. The SMILES string of the molecule is CCOc1nn(-c2ccc(C(F)(F)F)cn2)cc1CCOc1ccc(CC(=O)O)cc1. The van der Waals surface area contributed by atoms with Crippen LogP contribution in [0, 0.1) is 0 Å². The van der Waals surface area contributed by atoms with Crippen LogP contribution in [0.3, 0.4) is 0 Å². The predicted molar refractivity (Wildman–Crippen MR) is 105 cm³/mol. The van der Waals surface area contributed by atoms with Crippen molar-refractivity contribution < 1.29 is 32.5 Å². The van der Waals surface area contributed by atoms with E-state index in [0.29, 0.717) is 42.4 Å². The van der Waals surface area contributed by atoms with Gasteiger partial charge in [0, 0.05) is 24.4 Å². The fourth-order valence-corrected chi connectivity index (χ4v) is 2.79. The first-order valence-corrected chi connectivity index (χ1v) is 9.44. The highest BCUT2D eigenvalue weighted by atomic mass is 19.4. The molecule has 3 aromatic rings. The van der Waals surface area contributed by atoms with Gasteiger partial charge >= 0.3 is 12.1 Å². The van der Waals surface area contributed by atoms with Gasteiger partial charge in [0.05, 0.1) is 25.2 Å². The minimum atomic E-state index is -4.46. The molecule has 0 radical (unpaired) electrons. The first-order valence-electron chi connectivity index (χ1n) is 9.44. The highest BCUT2D eigenvalue weighted by molar-refractivity contribution is 5.70. The van der Waals surface area contributed by atoms with Crippen LogP contribution in [0.25, 0.3) is 5.82 Å². The number of alkyl halides is 3. The second-order valence-corrected chi connectivity index (χ2v) is 6.55. The van der Waals surface area contributed by atoms with Crippen molar-refractivity contribution in [3.05, 3.63) is 65.5 Å². The number of halogens is 3. The second-order valence-electron chi connectivity index (χ2n) is 6.55. The Morgan fingerprint density at radius 2 is 1.87 bits per heavy atom. The number of pyridine rings is 1. The van der Waals surface area contributed by atoms with Gasteiger partial charge in [0.15, 0.2) is 5.82 Å². The number of hydrogen-bond donors (Lipinski definition) is 1. The number of nitrogens with zero attached hydrogens (tertiary/aromatic N) is 3. The molecule has 0 atom stereocenters. The summed E-state index contributed by atoms with van der Waals surface area (Å²) in [5, 5.41) is 13.1. The van der Waals surface area contributed by atoms with Gasteiger partial charge < -0.3 is 14.6 Å². The van der Waals surface area contributed by atoms with Crippen molar-refractivity contribution in [2.45, 2.75) is 25.9 Å². The number of aromatic nitrogens is 3. The molecule has 0 fully saturated rings. The second kappa shape index (κ2) is 9.50. The number of ether oxygens (including phenoxy) is 2. The van der Waals surface area contributed by atoms with Crippen molar-refractivity contribution in [3.63, 3.8) is 0 Å². The average Bonchev–Trinajstić information content (AvgIpc) is 3.11. The number of carboxylic acid groups (broad SMARTS) is 1. The van der Waals surface area contributed by atoms with Crippen molar-refractivity contribution >= 4 is 5.97 Å². The Morgan fingerprint density at radius 3 is 2.45 bits per heavy atom. The first-order chi connectivity index (χ1) is 14.8. The fraction of sp³-hybridized carbons (Fsp3) is 0.286. The third-order valence-electron chi connectivity index (χ3n) is 4.26. The molecular formula is C21H20F3N3O4. The summed E-state index contributed by atoms with van der Waals surface area (Å²) in [5.41, 5.74) is 0.547. The molecule has 2 aromatic heterocycles. The lowest BCUT2D eigenvalue weighted by molar-refractivity contribution is -0.138. The minimum Gasteiger partial charge on any atom is -0.493 e. The van der Waals surface area contributed by atoms with Crippen LogP contribution in [0.1, 0.15) is 23.6 Å². The van der Waals surface area contributed by atoms with Gasteiger partial charge in [0.25, 0.3) is 0 Å². The summed E-state index contributed by atoms with van der Waals surface area (Å²) in [6.45, 7) is 2.47. The van der Waals surface area contributed by atoms with Gasteiger partial charge in [0.1, 0.15) is 5.75 Å². The molecule has 0 unspecified atom stereocenters. The van der Waals surface area contributed by atoms with Crippen LogP contribution >= 0.6 is 0 Å². The molecule has 0 aliphatic rings.